The second-order valence-corrected chi connectivity index (χ2v) is 7.56. The van der Waals surface area contributed by atoms with E-state index in [1.54, 1.807) is 28.5 Å². The highest BCUT2D eigenvalue weighted by atomic mass is 32.2. The highest BCUT2D eigenvalue weighted by Crippen LogP contribution is 2.21. The summed E-state index contributed by atoms with van der Waals surface area (Å²) in [6.07, 6.45) is 2.87. The van der Waals surface area contributed by atoms with Gasteiger partial charge in [-0.2, -0.15) is 11.8 Å². The fraction of sp³-hybridized carbons (Fsp3) is 0.550. The summed E-state index contributed by atoms with van der Waals surface area (Å²) in [6.45, 7) is 2.52. The van der Waals surface area contributed by atoms with Crippen molar-refractivity contribution >= 4 is 29.5 Å². The smallest absolute Gasteiger partial charge is 0.329 e. The minimum Gasteiger partial charge on any atom is -0.464 e. The average molecular weight is 408 g/mol. The van der Waals surface area contributed by atoms with Crippen molar-refractivity contribution in [3.8, 4) is 0 Å². The molecule has 1 aromatic rings. The molecular weight excluding hydrogens is 378 g/mol. The summed E-state index contributed by atoms with van der Waals surface area (Å²) in [5.41, 5.74) is 6.48. The van der Waals surface area contributed by atoms with E-state index in [1.165, 1.54) is 0 Å². The number of piperazine rings is 1. The molecule has 1 fully saturated rings. The summed E-state index contributed by atoms with van der Waals surface area (Å²) in [5.74, 6) is -0.130. The van der Waals surface area contributed by atoms with Crippen LogP contribution in [0.1, 0.15) is 18.9 Å². The van der Waals surface area contributed by atoms with Gasteiger partial charge in [0.15, 0.2) is 0 Å². The zero-order chi connectivity index (χ0) is 20.5. The maximum absolute atomic E-state index is 13.3. The van der Waals surface area contributed by atoms with Crippen LogP contribution >= 0.6 is 11.8 Å². The zero-order valence-electron chi connectivity index (χ0n) is 16.5. The lowest BCUT2D eigenvalue weighted by molar-refractivity contribution is -0.162. The fourth-order valence-corrected chi connectivity index (χ4v) is 3.90. The average Bonchev–Trinajstić information content (AvgIpc) is 2.71. The van der Waals surface area contributed by atoms with E-state index in [9.17, 15) is 14.4 Å². The van der Waals surface area contributed by atoms with E-state index in [4.69, 9.17) is 10.5 Å². The first kappa shape index (κ1) is 22.2. The Labute approximate surface area is 170 Å². The van der Waals surface area contributed by atoms with Crippen LogP contribution in [0.3, 0.4) is 0 Å². The molecule has 0 aromatic heterocycles. The molecule has 2 atom stereocenters. The van der Waals surface area contributed by atoms with Crippen molar-refractivity contribution in [1.82, 2.24) is 9.80 Å². The first-order chi connectivity index (χ1) is 13.5. The Morgan fingerprint density at radius 3 is 2.61 bits per heavy atom. The van der Waals surface area contributed by atoms with Crippen LogP contribution in [0.4, 0.5) is 0 Å². The lowest BCUT2D eigenvalue weighted by Gasteiger charge is -2.43. The number of amides is 2. The Kier molecular flexibility index (Phi) is 8.79. The standard InChI is InChI=1S/C20H29N3O4S/c1-3-27-20(26)17(13-15-7-5-4-6-8-15)23-11-10-22(18(24)14-21)16(19(23)25)9-12-28-2/h4-8,16-17H,3,9-14,21H2,1-2H3/t16-,17+/m0/s1. The van der Waals surface area contributed by atoms with Crippen molar-refractivity contribution in [2.45, 2.75) is 31.8 Å². The largest absolute Gasteiger partial charge is 0.464 e. The van der Waals surface area contributed by atoms with Crippen molar-refractivity contribution in [3.05, 3.63) is 35.9 Å². The molecule has 1 aromatic carbocycles. The third-order valence-electron chi connectivity index (χ3n) is 4.82. The molecule has 2 N–H and O–H groups in total. The lowest BCUT2D eigenvalue weighted by Crippen LogP contribution is -2.63. The number of carbonyl (C=O) groups excluding carboxylic acids is 3. The molecule has 1 aliphatic rings. The van der Waals surface area contributed by atoms with Gasteiger partial charge in [0.1, 0.15) is 12.1 Å². The maximum atomic E-state index is 13.3. The number of ether oxygens (including phenoxy) is 1. The van der Waals surface area contributed by atoms with Crippen LogP contribution in [-0.2, 0) is 25.5 Å². The van der Waals surface area contributed by atoms with Gasteiger partial charge in [0.25, 0.3) is 0 Å². The minimum atomic E-state index is -0.707. The summed E-state index contributed by atoms with van der Waals surface area (Å²) >= 11 is 1.61. The SMILES string of the molecule is CCOC(=O)[C@@H](Cc1ccccc1)N1CCN(C(=O)CN)[C@@H](CCSC)C1=O. The van der Waals surface area contributed by atoms with Crippen LogP contribution in [0.15, 0.2) is 30.3 Å². The molecule has 0 radical (unpaired) electrons. The molecule has 1 saturated heterocycles. The maximum Gasteiger partial charge on any atom is 0.329 e. The molecule has 2 rings (SSSR count). The topological polar surface area (TPSA) is 92.9 Å². The molecule has 0 bridgehead atoms. The number of nitrogens with zero attached hydrogens (tertiary/aromatic N) is 2. The van der Waals surface area contributed by atoms with Crippen LogP contribution < -0.4 is 5.73 Å². The molecule has 8 heteroatoms. The Morgan fingerprint density at radius 2 is 2.00 bits per heavy atom. The number of rotatable bonds is 9. The zero-order valence-corrected chi connectivity index (χ0v) is 17.3. The van der Waals surface area contributed by atoms with E-state index in [1.807, 2.05) is 36.6 Å². The fourth-order valence-electron chi connectivity index (χ4n) is 3.44. The molecule has 0 spiro atoms. The quantitative estimate of drug-likeness (QED) is 0.612. The first-order valence-electron chi connectivity index (χ1n) is 9.53. The van der Waals surface area contributed by atoms with Crippen LogP contribution in [-0.4, -0.2) is 77.9 Å². The first-order valence-corrected chi connectivity index (χ1v) is 10.9. The highest BCUT2D eigenvalue weighted by molar-refractivity contribution is 7.98. The van der Waals surface area contributed by atoms with Gasteiger partial charge >= 0.3 is 5.97 Å². The predicted octanol–water partition coefficient (Wildman–Crippen LogP) is 0.912. The summed E-state index contributed by atoms with van der Waals surface area (Å²) < 4.78 is 5.25. The van der Waals surface area contributed by atoms with Gasteiger partial charge in [0.2, 0.25) is 11.8 Å². The molecule has 7 nitrogen and oxygen atoms in total. The Hall–Kier alpha value is -2.06. The minimum absolute atomic E-state index is 0.131. The molecule has 154 valence electrons. The molecule has 0 aliphatic carbocycles. The lowest BCUT2D eigenvalue weighted by atomic mass is 10.0. The molecule has 28 heavy (non-hydrogen) atoms. The molecule has 1 heterocycles. The monoisotopic (exact) mass is 407 g/mol. The van der Waals surface area contributed by atoms with Crippen LogP contribution in [0.2, 0.25) is 0 Å². The van der Waals surface area contributed by atoms with E-state index >= 15 is 0 Å². The van der Waals surface area contributed by atoms with Crippen LogP contribution in [0.25, 0.3) is 0 Å². The number of esters is 1. The molecule has 0 saturated carbocycles. The second-order valence-electron chi connectivity index (χ2n) is 6.58. The number of thioether (sulfide) groups is 1. The predicted molar refractivity (Wildman–Crippen MR) is 110 cm³/mol. The van der Waals surface area contributed by atoms with Gasteiger partial charge in [0, 0.05) is 19.5 Å². The van der Waals surface area contributed by atoms with Crippen molar-refractivity contribution in [3.63, 3.8) is 0 Å². The summed E-state index contributed by atoms with van der Waals surface area (Å²) in [7, 11) is 0. The van der Waals surface area contributed by atoms with Gasteiger partial charge < -0.3 is 20.3 Å². The molecule has 1 aliphatic heterocycles. The third-order valence-corrected chi connectivity index (χ3v) is 5.47. The van der Waals surface area contributed by atoms with Crippen molar-refractivity contribution in [2.75, 3.05) is 38.2 Å². The summed E-state index contributed by atoms with van der Waals surface area (Å²) in [5, 5.41) is 0. The van der Waals surface area contributed by atoms with Gasteiger partial charge in [-0.3, -0.25) is 9.59 Å². The molecular formula is C20H29N3O4S. The Morgan fingerprint density at radius 1 is 1.29 bits per heavy atom. The second kappa shape index (κ2) is 11.1. The van der Waals surface area contributed by atoms with Gasteiger partial charge in [0.05, 0.1) is 13.2 Å². The van der Waals surface area contributed by atoms with Crippen molar-refractivity contribution in [2.24, 2.45) is 5.73 Å². The van der Waals surface area contributed by atoms with Gasteiger partial charge in [-0.05, 0) is 30.9 Å². The van der Waals surface area contributed by atoms with Gasteiger partial charge in [-0.25, -0.2) is 4.79 Å². The summed E-state index contributed by atoms with van der Waals surface area (Å²) in [6, 6.07) is 8.26. The van der Waals surface area contributed by atoms with E-state index in [-0.39, 0.29) is 31.5 Å². The van der Waals surface area contributed by atoms with E-state index in [0.717, 1.165) is 11.3 Å². The molecule has 0 unspecified atom stereocenters. The number of hydrogen-bond donors (Lipinski definition) is 1. The van der Waals surface area contributed by atoms with E-state index in [0.29, 0.717) is 19.4 Å². The van der Waals surface area contributed by atoms with Crippen LogP contribution in [0.5, 0.6) is 0 Å². The van der Waals surface area contributed by atoms with E-state index in [2.05, 4.69) is 0 Å². The third kappa shape index (κ3) is 5.48. The number of carbonyl (C=O) groups is 3. The van der Waals surface area contributed by atoms with Gasteiger partial charge in [-0.15, -0.1) is 0 Å². The van der Waals surface area contributed by atoms with E-state index < -0.39 is 18.1 Å². The Balaban J connectivity index is 2.27. The summed E-state index contributed by atoms with van der Waals surface area (Å²) in [4.78, 5) is 41.3. The number of nitrogens with two attached hydrogens (primary N) is 1. The number of benzene rings is 1. The normalized spacial score (nSPS) is 18.1. The van der Waals surface area contributed by atoms with Crippen molar-refractivity contribution < 1.29 is 19.1 Å². The van der Waals surface area contributed by atoms with Gasteiger partial charge in [-0.1, -0.05) is 30.3 Å². The number of hydrogen-bond acceptors (Lipinski definition) is 6. The van der Waals surface area contributed by atoms with Crippen molar-refractivity contribution in [1.29, 1.82) is 0 Å². The highest BCUT2D eigenvalue weighted by Gasteiger charge is 2.41. The van der Waals surface area contributed by atoms with Crippen LogP contribution in [0, 0.1) is 0 Å². The molecule has 2 amide bonds. The Bertz CT molecular complexity index is 671.